The first-order valence-corrected chi connectivity index (χ1v) is 6.96. The molecule has 1 saturated heterocycles. The summed E-state index contributed by atoms with van der Waals surface area (Å²) < 4.78 is 0. The first-order chi connectivity index (χ1) is 9.04. The van der Waals surface area contributed by atoms with Crippen LogP contribution in [0.4, 0.5) is 5.69 Å². The molecule has 2 rings (SSSR count). The van der Waals surface area contributed by atoms with Gasteiger partial charge in [0.15, 0.2) is 5.84 Å². The maximum atomic E-state index is 8.68. The average molecular weight is 282 g/mol. The molecule has 0 spiro atoms. The third kappa shape index (κ3) is 2.78. The van der Waals surface area contributed by atoms with Gasteiger partial charge in [-0.25, -0.2) is 0 Å². The SMILES string of the molecule is CC(C)C1CCCN1c1ccc(C(N)=NO)cc1Cl. The summed E-state index contributed by atoms with van der Waals surface area (Å²) >= 11 is 6.35. The molecule has 1 atom stereocenters. The van der Waals surface area contributed by atoms with Gasteiger partial charge in [-0.15, -0.1) is 0 Å². The number of rotatable bonds is 3. The minimum Gasteiger partial charge on any atom is -0.409 e. The molecular weight excluding hydrogens is 262 g/mol. The summed E-state index contributed by atoms with van der Waals surface area (Å²) in [6.07, 6.45) is 2.40. The van der Waals surface area contributed by atoms with Crippen LogP contribution in [0.1, 0.15) is 32.3 Å². The van der Waals surface area contributed by atoms with E-state index >= 15 is 0 Å². The number of halogens is 1. The van der Waals surface area contributed by atoms with E-state index in [4.69, 9.17) is 22.5 Å². The summed E-state index contributed by atoms with van der Waals surface area (Å²) in [5.74, 6) is 0.678. The first kappa shape index (κ1) is 14.0. The lowest BCUT2D eigenvalue weighted by Gasteiger charge is -2.30. The van der Waals surface area contributed by atoms with Crippen molar-refractivity contribution in [3.8, 4) is 0 Å². The fraction of sp³-hybridized carbons (Fsp3) is 0.500. The van der Waals surface area contributed by atoms with Gasteiger partial charge in [0, 0.05) is 18.2 Å². The zero-order valence-corrected chi connectivity index (χ0v) is 12.1. The lowest BCUT2D eigenvalue weighted by atomic mass is 10.0. The zero-order valence-electron chi connectivity index (χ0n) is 11.3. The Bertz CT molecular complexity index is 488. The van der Waals surface area contributed by atoms with E-state index in [1.807, 2.05) is 12.1 Å². The molecule has 3 N–H and O–H groups in total. The third-order valence-corrected chi connectivity index (χ3v) is 4.03. The molecule has 4 nitrogen and oxygen atoms in total. The number of nitrogens with two attached hydrogens (primary N) is 1. The van der Waals surface area contributed by atoms with Crippen LogP contribution in [0, 0.1) is 5.92 Å². The van der Waals surface area contributed by atoms with Gasteiger partial charge in [0.1, 0.15) is 0 Å². The van der Waals surface area contributed by atoms with Gasteiger partial charge in [-0.05, 0) is 37.0 Å². The van der Waals surface area contributed by atoms with Gasteiger partial charge in [0.25, 0.3) is 0 Å². The van der Waals surface area contributed by atoms with E-state index < -0.39 is 0 Å². The Hall–Kier alpha value is -1.42. The number of hydrogen-bond acceptors (Lipinski definition) is 3. The van der Waals surface area contributed by atoms with Crippen molar-refractivity contribution >= 4 is 23.1 Å². The second-order valence-corrected chi connectivity index (χ2v) is 5.71. The van der Waals surface area contributed by atoms with Crippen molar-refractivity contribution in [3.05, 3.63) is 28.8 Å². The Morgan fingerprint density at radius 2 is 2.26 bits per heavy atom. The highest BCUT2D eigenvalue weighted by atomic mass is 35.5. The molecule has 1 fully saturated rings. The second kappa shape index (κ2) is 5.70. The van der Waals surface area contributed by atoms with Crippen LogP contribution in [0.5, 0.6) is 0 Å². The standard InChI is InChI=1S/C14H20ClN3O/c1-9(2)12-4-3-7-18(12)13-6-5-10(8-11(13)15)14(16)17-19/h5-6,8-9,12,19H,3-4,7H2,1-2H3,(H2,16,17). The molecule has 0 aromatic heterocycles. The van der Waals surface area contributed by atoms with Gasteiger partial charge in [-0.1, -0.05) is 30.6 Å². The van der Waals surface area contributed by atoms with E-state index in [-0.39, 0.29) is 5.84 Å². The van der Waals surface area contributed by atoms with E-state index in [0.29, 0.717) is 22.5 Å². The fourth-order valence-electron chi connectivity index (χ4n) is 2.74. The van der Waals surface area contributed by atoms with Crippen molar-refractivity contribution in [2.75, 3.05) is 11.4 Å². The number of oxime groups is 1. The molecule has 19 heavy (non-hydrogen) atoms. The van der Waals surface area contributed by atoms with Crippen molar-refractivity contribution < 1.29 is 5.21 Å². The molecule has 0 aliphatic carbocycles. The molecule has 5 heteroatoms. The average Bonchev–Trinajstić information content (AvgIpc) is 2.86. The molecule has 0 bridgehead atoms. The molecule has 1 aliphatic heterocycles. The number of hydrogen-bond donors (Lipinski definition) is 2. The van der Waals surface area contributed by atoms with E-state index in [0.717, 1.165) is 12.2 Å². The van der Waals surface area contributed by atoms with E-state index in [1.165, 1.54) is 12.8 Å². The highest BCUT2D eigenvalue weighted by molar-refractivity contribution is 6.33. The highest BCUT2D eigenvalue weighted by Crippen LogP contribution is 2.34. The third-order valence-electron chi connectivity index (χ3n) is 3.73. The normalized spacial score (nSPS) is 20.3. The number of benzene rings is 1. The van der Waals surface area contributed by atoms with Gasteiger partial charge in [0.2, 0.25) is 0 Å². The molecule has 1 aliphatic rings. The molecule has 1 aromatic carbocycles. The molecule has 1 heterocycles. The Morgan fingerprint density at radius 1 is 1.53 bits per heavy atom. The topological polar surface area (TPSA) is 61.8 Å². The van der Waals surface area contributed by atoms with Crippen molar-refractivity contribution in [1.29, 1.82) is 0 Å². The molecule has 104 valence electrons. The van der Waals surface area contributed by atoms with Crippen molar-refractivity contribution in [2.45, 2.75) is 32.7 Å². The van der Waals surface area contributed by atoms with E-state index in [2.05, 4.69) is 23.9 Å². The van der Waals surface area contributed by atoms with Crippen molar-refractivity contribution in [1.82, 2.24) is 0 Å². The lowest BCUT2D eigenvalue weighted by molar-refractivity contribution is 0.318. The Morgan fingerprint density at radius 3 is 2.84 bits per heavy atom. The fourth-order valence-corrected chi connectivity index (χ4v) is 3.03. The van der Waals surface area contributed by atoms with Gasteiger partial charge in [0.05, 0.1) is 10.7 Å². The van der Waals surface area contributed by atoms with Gasteiger partial charge in [-0.2, -0.15) is 0 Å². The Labute approximate surface area is 118 Å². The molecule has 1 unspecified atom stereocenters. The number of nitrogens with zero attached hydrogens (tertiary/aromatic N) is 2. The van der Waals surface area contributed by atoms with Gasteiger partial charge in [-0.3, -0.25) is 0 Å². The summed E-state index contributed by atoms with van der Waals surface area (Å²) in [6, 6.07) is 6.08. The lowest BCUT2D eigenvalue weighted by Crippen LogP contribution is -2.33. The second-order valence-electron chi connectivity index (χ2n) is 5.30. The van der Waals surface area contributed by atoms with Crippen LogP contribution in [-0.4, -0.2) is 23.6 Å². The molecular formula is C14H20ClN3O. The minimum absolute atomic E-state index is 0.0790. The van der Waals surface area contributed by atoms with Crippen LogP contribution < -0.4 is 10.6 Å². The maximum Gasteiger partial charge on any atom is 0.170 e. The van der Waals surface area contributed by atoms with E-state index in [9.17, 15) is 0 Å². The van der Waals surface area contributed by atoms with Gasteiger partial charge < -0.3 is 15.8 Å². The van der Waals surface area contributed by atoms with Crippen LogP contribution in [0.3, 0.4) is 0 Å². The first-order valence-electron chi connectivity index (χ1n) is 6.58. The minimum atomic E-state index is 0.0790. The van der Waals surface area contributed by atoms with Crippen LogP contribution in [-0.2, 0) is 0 Å². The summed E-state index contributed by atoms with van der Waals surface area (Å²) in [5.41, 5.74) is 7.24. The van der Waals surface area contributed by atoms with Crippen LogP contribution in [0.25, 0.3) is 0 Å². The highest BCUT2D eigenvalue weighted by Gasteiger charge is 2.28. The predicted octanol–water partition coefficient (Wildman–Crippen LogP) is 3.06. The smallest absolute Gasteiger partial charge is 0.170 e. The largest absolute Gasteiger partial charge is 0.409 e. The van der Waals surface area contributed by atoms with Crippen molar-refractivity contribution in [2.24, 2.45) is 16.8 Å². The summed E-state index contributed by atoms with van der Waals surface area (Å²) in [7, 11) is 0. The Kier molecular flexibility index (Phi) is 4.20. The number of amidine groups is 1. The Balaban J connectivity index is 2.31. The molecule has 0 radical (unpaired) electrons. The summed E-state index contributed by atoms with van der Waals surface area (Å²) in [4.78, 5) is 2.36. The molecule has 1 aromatic rings. The quantitative estimate of drug-likeness (QED) is 0.387. The molecule has 0 saturated carbocycles. The zero-order chi connectivity index (χ0) is 14.0. The maximum absolute atomic E-state index is 8.68. The van der Waals surface area contributed by atoms with E-state index in [1.54, 1.807) is 6.07 Å². The van der Waals surface area contributed by atoms with Crippen LogP contribution in [0.15, 0.2) is 23.4 Å². The predicted molar refractivity (Wildman–Crippen MR) is 79.2 cm³/mol. The monoisotopic (exact) mass is 281 g/mol. The van der Waals surface area contributed by atoms with Crippen LogP contribution in [0.2, 0.25) is 5.02 Å². The van der Waals surface area contributed by atoms with Crippen LogP contribution >= 0.6 is 11.6 Å². The summed E-state index contributed by atoms with van der Waals surface area (Å²) in [5, 5.41) is 12.3. The summed E-state index contributed by atoms with van der Waals surface area (Å²) in [6.45, 7) is 5.51. The van der Waals surface area contributed by atoms with Crippen molar-refractivity contribution in [3.63, 3.8) is 0 Å². The van der Waals surface area contributed by atoms with Gasteiger partial charge >= 0.3 is 0 Å². The molecule has 0 amide bonds. The number of anilines is 1.